The second-order valence-electron chi connectivity index (χ2n) is 4.94. The minimum absolute atomic E-state index is 0.162. The first-order chi connectivity index (χ1) is 9.61. The Bertz CT molecular complexity index is 486. The van der Waals surface area contributed by atoms with Crippen molar-refractivity contribution in [1.82, 2.24) is 15.0 Å². The summed E-state index contributed by atoms with van der Waals surface area (Å²) in [7, 11) is 0. The van der Waals surface area contributed by atoms with Crippen LogP contribution < -0.4 is 0 Å². The van der Waals surface area contributed by atoms with Gasteiger partial charge in [-0.15, -0.1) is 0 Å². The van der Waals surface area contributed by atoms with Crippen molar-refractivity contribution >= 4 is 11.9 Å². The molecule has 0 aliphatic carbocycles. The predicted molar refractivity (Wildman–Crippen MR) is 69.0 cm³/mol. The predicted octanol–water partition coefficient (Wildman–Crippen LogP) is 1.03. The molecule has 1 aromatic heterocycles. The number of carbonyl (C=O) groups excluding carboxylic acids is 1. The first kappa shape index (κ1) is 14.5. The highest BCUT2D eigenvalue weighted by Crippen LogP contribution is 2.19. The maximum absolute atomic E-state index is 12.0. The second-order valence-corrected chi connectivity index (χ2v) is 4.94. The van der Waals surface area contributed by atoms with E-state index in [1.54, 1.807) is 0 Å². The second kappa shape index (κ2) is 6.49. The number of carbonyl (C=O) groups is 2. The van der Waals surface area contributed by atoms with E-state index in [9.17, 15) is 9.59 Å². The monoisotopic (exact) mass is 281 g/mol. The third kappa shape index (κ3) is 3.34. The topological polar surface area (TPSA) is 96.5 Å². The summed E-state index contributed by atoms with van der Waals surface area (Å²) < 4.78 is 5.06. The molecule has 7 heteroatoms. The van der Waals surface area contributed by atoms with Crippen LogP contribution in [0.1, 0.15) is 44.3 Å². The van der Waals surface area contributed by atoms with E-state index in [1.165, 1.54) is 4.90 Å². The van der Waals surface area contributed by atoms with Crippen LogP contribution in [0.15, 0.2) is 4.52 Å². The van der Waals surface area contributed by atoms with E-state index < -0.39 is 12.0 Å². The summed E-state index contributed by atoms with van der Waals surface area (Å²) in [4.78, 5) is 28.7. The SMILES string of the molecule is CCCc1noc(CCC(=O)N2CCC[C@@H]2C(=O)O)n1. The van der Waals surface area contributed by atoms with Crippen LogP contribution in [-0.4, -0.2) is 44.6 Å². The molecule has 110 valence electrons. The Labute approximate surface area is 117 Å². The van der Waals surface area contributed by atoms with E-state index in [0.717, 1.165) is 19.3 Å². The molecular formula is C13H19N3O4. The molecule has 0 unspecified atom stereocenters. The van der Waals surface area contributed by atoms with Crippen molar-refractivity contribution in [2.45, 2.75) is 51.5 Å². The third-order valence-corrected chi connectivity index (χ3v) is 3.39. The highest BCUT2D eigenvalue weighted by molar-refractivity contribution is 5.84. The zero-order valence-electron chi connectivity index (χ0n) is 11.5. The van der Waals surface area contributed by atoms with Crippen LogP contribution in [0.2, 0.25) is 0 Å². The number of aryl methyl sites for hydroxylation is 2. The van der Waals surface area contributed by atoms with Crippen molar-refractivity contribution in [3.05, 3.63) is 11.7 Å². The number of carboxylic acids is 1. The average Bonchev–Trinajstić information content (AvgIpc) is 3.05. The molecule has 1 atom stereocenters. The molecule has 2 rings (SSSR count). The van der Waals surface area contributed by atoms with Gasteiger partial charge in [0.05, 0.1) is 0 Å². The van der Waals surface area contributed by atoms with Crippen LogP contribution >= 0.6 is 0 Å². The van der Waals surface area contributed by atoms with Gasteiger partial charge in [0.2, 0.25) is 11.8 Å². The molecule has 1 fully saturated rings. The molecule has 1 aromatic rings. The number of hydrogen-bond acceptors (Lipinski definition) is 5. The molecule has 0 spiro atoms. The number of aromatic nitrogens is 2. The van der Waals surface area contributed by atoms with Crippen LogP contribution in [-0.2, 0) is 22.4 Å². The van der Waals surface area contributed by atoms with Gasteiger partial charge < -0.3 is 14.5 Å². The Kier molecular flexibility index (Phi) is 4.70. The van der Waals surface area contributed by atoms with Gasteiger partial charge in [-0.25, -0.2) is 4.79 Å². The van der Waals surface area contributed by atoms with Gasteiger partial charge in [-0.3, -0.25) is 4.79 Å². The van der Waals surface area contributed by atoms with Crippen molar-refractivity contribution in [2.75, 3.05) is 6.54 Å². The Balaban J connectivity index is 1.86. The zero-order valence-corrected chi connectivity index (χ0v) is 11.5. The van der Waals surface area contributed by atoms with Crippen LogP contribution in [0.3, 0.4) is 0 Å². The van der Waals surface area contributed by atoms with Crippen LogP contribution in [0.25, 0.3) is 0 Å². The van der Waals surface area contributed by atoms with Gasteiger partial charge in [0, 0.05) is 25.8 Å². The van der Waals surface area contributed by atoms with E-state index >= 15 is 0 Å². The lowest BCUT2D eigenvalue weighted by Crippen LogP contribution is -2.40. The van der Waals surface area contributed by atoms with Crippen molar-refractivity contribution in [1.29, 1.82) is 0 Å². The van der Waals surface area contributed by atoms with Crippen molar-refractivity contribution in [2.24, 2.45) is 0 Å². The van der Waals surface area contributed by atoms with E-state index in [2.05, 4.69) is 10.1 Å². The van der Waals surface area contributed by atoms with Crippen molar-refractivity contribution < 1.29 is 19.2 Å². The number of hydrogen-bond donors (Lipinski definition) is 1. The molecular weight excluding hydrogens is 262 g/mol. The largest absolute Gasteiger partial charge is 0.480 e. The summed E-state index contributed by atoms with van der Waals surface area (Å²) >= 11 is 0. The third-order valence-electron chi connectivity index (χ3n) is 3.39. The zero-order chi connectivity index (χ0) is 14.5. The number of aliphatic carboxylic acids is 1. The molecule has 0 aromatic carbocycles. The van der Waals surface area contributed by atoms with E-state index in [-0.39, 0.29) is 12.3 Å². The quantitative estimate of drug-likeness (QED) is 0.836. The number of nitrogens with zero attached hydrogens (tertiary/aromatic N) is 3. The van der Waals surface area contributed by atoms with Crippen molar-refractivity contribution in [3.63, 3.8) is 0 Å². The lowest BCUT2D eigenvalue weighted by molar-refractivity contribution is -0.148. The molecule has 0 saturated carbocycles. The number of carboxylic acid groups (broad SMARTS) is 1. The summed E-state index contributed by atoms with van der Waals surface area (Å²) in [6.45, 7) is 2.54. The molecule has 0 bridgehead atoms. The van der Waals surface area contributed by atoms with Crippen LogP contribution in [0.4, 0.5) is 0 Å². The van der Waals surface area contributed by atoms with Gasteiger partial charge in [-0.1, -0.05) is 12.1 Å². The Hall–Kier alpha value is -1.92. The lowest BCUT2D eigenvalue weighted by atomic mass is 10.2. The van der Waals surface area contributed by atoms with Gasteiger partial charge in [0.25, 0.3) is 0 Å². The molecule has 20 heavy (non-hydrogen) atoms. The van der Waals surface area contributed by atoms with Gasteiger partial charge in [-0.2, -0.15) is 4.98 Å². The van der Waals surface area contributed by atoms with Crippen LogP contribution in [0, 0.1) is 0 Å². The number of amides is 1. The Morgan fingerprint density at radius 1 is 1.45 bits per heavy atom. The summed E-state index contributed by atoms with van der Waals surface area (Å²) in [5.41, 5.74) is 0. The maximum Gasteiger partial charge on any atom is 0.326 e. The minimum atomic E-state index is -0.932. The van der Waals surface area contributed by atoms with E-state index in [0.29, 0.717) is 31.1 Å². The summed E-state index contributed by atoms with van der Waals surface area (Å²) in [6.07, 6.45) is 3.53. The normalized spacial score (nSPS) is 18.4. The molecule has 1 saturated heterocycles. The molecule has 1 aliphatic heterocycles. The summed E-state index contributed by atoms with van der Waals surface area (Å²) in [5, 5.41) is 12.9. The Morgan fingerprint density at radius 3 is 2.95 bits per heavy atom. The molecule has 1 aliphatic rings. The van der Waals surface area contributed by atoms with Crippen LogP contribution in [0.5, 0.6) is 0 Å². The Morgan fingerprint density at radius 2 is 2.25 bits per heavy atom. The smallest absolute Gasteiger partial charge is 0.326 e. The fourth-order valence-electron chi connectivity index (χ4n) is 2.40. The summed E-state index contributed by atoms with van der Waals surface area (Å²) in [5.74, 6) is -0.00332. The minimum Gasteiger partial charge on any atom is -0.480 e. The number of rotatable bonds is 6. The highest BCUT2D eigenvalue weighted by Gasteiger charge is 2.33. The number of likely N-dealkylation sites (tertiary alicyclic amines) is 1. The fraction of sp³-hybridized carbons (Fsp3) is 0.692. The average molecular weight is 281 g/mol. The van der Waals surface area contributed by atoms with Gasteiger partial charge >= 0.3 is 5.97 Å². The van der Waals surface area contributed by atoms with Gasteiger partial charge in [0.15, 0.2) is 5.82 Å². The fourth-order valence-corrected chi connectivity index (χ4v) is 2.40. The highest BCUT2D eigenvalue weighted by atomic mass is 16.5. The molecule has 1 N–H and O–H groups in total. The standard InChI is InChI=1S/C13H19N3O4/c1-2-4-10-14-11(20-15-10)6-7-12(17)16-8-3-5-9(16)13(18)19/h9H,2-8H2,1H3,(H,18,19)/t9-/m1/s1. The maximum atomic E-state index is 12.0. The first-order valence-electron chi connectivity index (χ1n) is 6.95. The lowest BCUT2D eigenvalue weighted by Gasteiger charge is -2.20. The summed E-state index contributed by atoms with van der Waals surface area (Å²) in [6, 6.07) is -0.680. The van der Waals surface area contributed by atoms with E-state index in [4.69, 9.17) is 9.63 Å². The van der Waals surface area contributed by atoms with Gasteiger partial charge in [0.1, 0.15) is 6.04 Å². The van der Waals surface area contributed by atoms with Gasteiger partial charge in [-0.05, 0) is 19.3 Å². The molecule has 2 heterocycles. The first-order valence-corrected chi connectivity index (χ1v) is 6.95. The van der Waals surface area contributed by atoms with Crippen molar-refractivity contribution in [3.8, 4) is 0 Å². The van der Waals surface area contributed by atoms with E-state index in [1.807, 2.05) is 6.92 Å². The molecule has 7 nitrogen and oxygen atoms in total. The molecule has 0 radical (unpaired) electrons. The molecule has 1 amide bonds.